The molecule has 1 aliphatic rings. The molecule has 0 atom stereocenters. The number of ether oxygens (including phenoxy) is 1. The Kier molecular flexibility index (Phi) is 4.44. The standard InChI is InChI=1S/C23H16N2O4S/c26-21(27)13-9-10-20-19(11-13)24-22(30-20)25-23(28)29-12-18-16-7-3-1-5-14(16)15-6-2-4-8-17(15)18/h1-11,18H,12H2,(H,26,27)(H,24,25,28). The van der Waals surface area contributed by atoms with Crippen LogP contribution in [0.15, 0.2) is 66.7 Å². The first-order valence-corrected chi connectivity index (χ1v) is 10.2. The molecule has 0 spiro atoms. The van der Waals surface area contributed by atoms with Crippen LogP contribution >= 0.6 is 11.3 Å². The number of carbonyl (C=O) groups is 2. The third-order valence-corrected chi connectivity index (χ3v) is 6.14. The normalized spacial score (nSPS) is 12.4. The molecule has 7 heteroatoms. The Balaban J connectivity index is 1.31. The highest BCUT2D eigenvalue weighted by atomic mass is 32.1. The van der Waals surface area contributed by atoms with Crippen LogP contribution in [-0.4, -0.2) is 28.8 Å². The van der Waals surface area contributed by atoms with Crippen LogP contribution in [0.1, 0.15) is 27.4 Å². The van der Waals surface area contributed by atoms with E-state index in [0.717, 1.165) is 15.8 Å². The zero-order valence-corrected chi connectivity index (χ0v) is 16.5. The van der Waals surface area contributed by atoms with Crippen molar-refractivity contribution >= 4 is 38.7 Å². The predicted molar refractivity (Wildman–Crippen MR) is 115 cm³/mol. The van der Waals surface area contributed by atoms with Crippen molar-refractivity contribution in [2.75, 3.05) is 11.9 Å². The molecule has 30 heavy (non-hydrogen) atoms. The molecule has 6 nitrogen and oxygen atoms in total. The molecule has 3 aromatic carbocycles. The van der Waals surface area contributed by atoms with E-state index < -0.39 is 12.1 Å². The van der Waals surface area contributed by atoms with Crippen molar-refractivity contribution in [3.8, 4) is 11.1 Å². The quantitative estimate of drug-likeness (QED) is 0.468. The molecule has 5 rings (SSSR count). The van der Waals surface area contributed by atoms with Crippen molar-refractivity contribution in [3.63, 3.8) is 0 Å². The highest BCUT2D eigenvalue weighted by Gasteiger charge is 2.29. The number of carbonyl (C=O) groups excluding carboxylic acids is 1. The van der Waals surface area contributed by atoms with E-state index in [9.17, 15) is 9.59 Å². The maximum Gasteiger partial charge on any atom is 0.413 e. The Morgan fingerprint density at radius 2 is 1.67 bits per heavy atom. The highest BCUT2D eigenvalue weighted by molar-refractivity contribution is 7.22. The summed E-state index contributed by atoms with van der Waals surface area (Å²) in [4.78, 5) is 27.8. The van der Waals surface area contributed by atoms with E-state index in [-0.39, 0.29) is 18.1 Å². The highest BCUT2D eigenvalue weighted by Crippen LogP contribution is 2.44. The fourth-order valence-electron chi connectivity index (χ4n) is 3.84. The first-order chi connectivity index (χ1) is 14.6. The summed E-state index contributed by atoms with van der Waals surface area (Å²) < 4.78 is 6.31. The van der Waals surface area contributed by atoms with E-state index >= 15 is 0 Å². The molecule has 0 fully saturated rings. The topological polar surface area (TPSA) is 88.5 Å². The summed E-state index contributed by atoms with van der Waals surface area (Å²) in [6.07, 6.45) is -0.589. The molecule has 0 aliphatic heterocycles. The fourth-order valence-corrected chi connectivity index (χ4v) is 4.67. The van der Waals surface area contributed by atoms with Crippen LogP contribution in [0.3, 0.4) is 0 Å². The second-order valence-corrected chi connectivity index (χ2v) is 7.99. The number of nitrogens with one attached hydrogen (secondary N) is 1. The lowest BCUT2D eigenvalue weighted by molar-refractivity contribution is 0.0697. The van der Waals surface area contributed by atoms with Gasteiger partial charge in [-0.1, -0.05) is 59.9 Å². The second-order valence-electron chi connectivity index (χ2n) is 6.96. The second kappa shape index (κ2) is 7.27. The number of anilines is 1. The predicted octanol–water partition coefficient (Wildman–Crippen LogP) is 5.36. The van der Waals surface area contributed by atoms with Gasteiger partial charge < -0.3 is 9.84 Å². The van der Waals surface area contributed by atoms with Gasteiger partial charge in [-0.3, -0.25) is 5.32 Å². The van der Waals surface area contributed by atoms with E-state index in [4.69, 9.17) is 9.84 Å². The summed E-state index contributed by atoms with van der Waals surface area (Å²) in [5.41, 5.74) is 5.31. The third-order valence-electron chi connectivity index (χ3n) is 5.19. The van der Waals surface area contributed by atoms with Crippen LogP contribution in [0.2, 0.25) is 0 Å². The number of amides is 1. The number of hydrogen-bond donors (Lipinski definition) is 2. The lowest BCUT2D eigenvalue weighted by atomic mass is 9.98. The van der Waals surface area contributed by atoms with E-state index in [0.29, 0.717) is 10.6 Å². The molecule has 1 aliphatic carbocycles. The Bertz CT molecular complexity index is 1250. The summed E-state index contributed by atoms with van der Waals surface area (Å²) in [6, 6.07) is 21.0. The van der Waals surface area contributed by atoms with Crippen LogP contribution in [0.4, 0.5) is 9.93 Å². The molecule has 2 N–H and O–H groups in total. The monoisotopic (exact) mass is 416 g/mol. The molecule has 1 aromatic heterocycles. The summed E-state index contributed by atoms with van der Waals surface area (Å²) in [5.74, 6) is -1.03. The number of benzene rings is 3. The maximum absolute atomic E-state index is 12.4. The number of carboxylic acids is 1. The zero-order valence-electron chi connectivity index (χ0n) is 15.7. The number of aromatic nitrogens is 1. The molecular formula is C23H16N2O4S. The maximum atomic E-state index is 12.4. The molecule has 0 saturated heterocycles. The van der Waals surface area contributed by atoms with Crippen molar-refractivity contribution in [1.82, 2.24) is 4.98 Å². The van der Waals surface area contributed by atoms with Crippen molar-refractivity contribution in [1.29, 1.82) is 0 Å². The molecule has 0 radical (unpaired) electrons. The van der Waals surface area contributed by atoms with Crippen molar-refractivity contribution in [2.24, 2.45) is 0 Å². The fraction of sp³-hybridized carbons (Fsp3) is 0.0870. The van der Waals surface area contributed by atoms with Gasteiger partial charge in [0.05, 0.1) is 15.8 Å². The Labute approximate surface area is 175 Å². The van der Waals surface area contributed by atoms with Gasteiger partial charge in [0.15, 0.2) is 5.13 Å². The third kappa shape index (κ3) is 3.19. The van der Waals surface area contributed by atoms with Crippen LogP contribution in [0, 0.1) is 0 Å². The van der Waals surface area contributed by atoms with Gasteiger partial charge in [0.25, 0.3) is 0 Å². The smallest absolute Gasteiger partial charge is 0.413 e. The van der Waals surface area contributed by atoms with E-state index in [1.807, 2.05) is 24.3 Å². The number of rotatable bonds is 4. The Morgan fingerprint density at radius 1 is 1.00 bits per heavy atom. The zero-order chi connectivity index (χ0) is 20.7. The lowest BCUT2D eigenvalue weighted by Gasteiger charge is -2.14. The Morgan fingerprint density at radius 3 is 2.33 bits per heavy atom. The average molecular weight is 416 g/mol. The van der Waals surface area contributed by atoms with Crippen LogP contribution in [-0.2, 0) is 4.74 Å². The van der Waals surface area contributed by atoms with Gasteiger partial charge in [0, 0.05) is 5.92 Å². The summed E-state index contributed by atoms with van der Waals surface area (Å²) in [6.45, 7) is 0.216. The number of nitrogens with zero attached hydrogens (tertiary/aromatic N) is 1. The first-order valence-electron chi connectivity index (χ1n) is 9.36. The lowest BCUT2D eigenvalue weighted by Crippen LogP contribution is -2.17. The van der Waals surface area contributed by atoms with Gasteiger partial charge in [-0.25, -0.2) is 14.6 Å². The molecule has 0 bridgehead atoms. The van der Waals surface area contributed by atoms with Gasteiger partial charge in [-0.05, 0) is 40.5 Å². The number of aromatic carboxylic acids is 1. The van der Waals surface area contributed by atoms with Crippen molar-refractivity contribution < 1.29 is 19.4 Å². The van der Waals surface area contributed by atoms with Crippen LogP contribution in [0.25, 0.3) is 21.3 Å². The number of carboxylic acid groups (broad SMARTS) is 1. The van der Waals surface area contributed by atoms with Gasteiger partial charge >= 0.3 is 12.1 Å². The number of fused-ring (bicyclic) bond motifs is 4. The largest absolute Gasteiger partial charge is 0.478 e. The molecule has 1 amide bonds. The van der Waals surface area contributed by atoms with Gasteiger partial charge in [0.1, 0.15) is 6.61 Å². The van der Waals surface area contributed by atoms with E-state index in [1.54, 1.807) is 6.07 Å². The van der Waals surface area contributed by atoms with Crippen molar-refractivity contribution in [2.45, 2.75) is 5.92 Å². The molecule has 148 valence electrons. The SMILES string of the molecule is O=C(Nc1nc2cc(C(=O)O)ccc2s1)OCC1c2ccccc2-c2ccccc21. The van der Waals surface area contributed by atoms with E-state index in [2.05, 4.69) is 34.6 Å². The molecule has 0 unspecified atom stereocenters. The summed E-state index contributed by atoms with van der Waals surface area (Å²) in [7, 11) is 0. The van der Waals surface area contributed by atoms with Gasteiger partial charge in [-0.15, -0.1) is 0 Å². The molecule has 1 heterocycles. The summed E-state index contributed by atoms with van der Waals surface area (Å²) >= 11 is 1.27. The summed E-state index contributed by atoms with van der Waals surface area (Å²) in [5, 5.41) is 12.1. The van der Waals surface area contributed by atoms with Crippen LogP contribution in [0.5, 0.6) is 0 Å². The number of hydrogen-bond acceptors (Lipinski definition) is 5. The Hall–Kier alpha value is -3.71. The number of thiazole rings is 1. The molecule has 0 saturated carbocycles. The van der Waals surface area contributed by atoms with Gasteiger partial charge in [-0.2, -0.15) is 0 Å². The minimum absolute atomic E-state index is 0.0170. The molecule has 4 aromatic rings. The minimum Gasteiger partial charge on any atom is -0.478 e. The van der Waals surface area contributed by atoms with Gasteiger partial charge in [0.2, 0.25) is 0 Å². The van der Waals surface area contributed by atoms with E-state index in [1.165, 1.54) is 34.6 Å². The minimum atomic E-state index is -1.02. The van der Waals surface area contributed by atoms with Crippen LogP contribution < -0.4 is 5.32 Å². The van der Waals surface area contributed by atoms with Crippen molar-refractivity contribution in [3.05, 3.63) is 83.4 Å². The average Bonchev–Trinajstić information content (AvgIpc) is 3.30. The first kappa shape index (κ1) is 18.3. The molecular weight excluding hydrogens is 400 g/mol.